The molecule has 2 aliphatic rings. The molecule has 2 fully saturated rings. The number of aromatic nitrogens is 4. The number of aromatic amines is 1. The van der Waals surface area contributed by atoms with Crippen LogP contribution >= 0.6 is 0 Å². The van der Waals surface area contributed by atoms with Crippen molar-refractivity contribution >= 4 is 22.8 Å². The lowest BCUT2D eigenvalue weighted by Gasteiger charge is -2.35. The van der Waals surface area contributed by atoms with Crippen molar-refractivity contribution in [2.45, 2.75) is 13.0 Å². The Morgan fingerprint density at radius 2 is 2.14 bits per heavy atom. The van der Waals surface area contributed by atoms with E-state index >= 15 is 0 Å². The number of hydrogen-bond donors (Lipinski definition) is 1. The lowest BCUT2D eigenvalue weighted by Crippen LogP contribution is -2.49. The molecule has 5 rings (SSSR count). The molecule has 5 heterocycles. The van der Waals surface area contributed by atoms with Crippen molar-refractivity contribution < 1.29 is 14.3 Å². The molecule has 29 heavy (non-hydrogen) atoms. The first-order valence-electron chi connectivity index (χ1n) is 9.99. The quantitative estimate of drug-likeness (QED) is 0.728. The summed E-state index contributed by atoms with van der Waals surface area (Å²) in [5.74, 6) is 0. The summed E-state index contributed by atoms with van der Waals surface area (Å²) in [5.41, 5.74) is 4.01. The fourth-order valence-electron chi connectivity index (χ4n) is 3.84. The highest BCUT2D eigenvalue weighted by atomic mass is 16.6. The second-order valence-corrected chi connectivity index (χ2v) is 7.35. The molecule has 1 amide bonds. The molecule has 0 bridgehead atoms. The minimum Gasteiger partial charge on any atom is -0.450 e. The summed E-state index contributed by atoms with van der Waals surface area (Å²) >= 11 is 0. The van der Waals surface area contributed by atoms with E-state index in [1.54, 1.807) is 4.90 Å². The predicted molar refractivity (Wildman–Crippen MR) is 108 cm³/mol. The standard InChI is InChI=1S/C20H24N6O3/c1-2-29-20(27)25-7-5-24(6-8-25)18-3-4-21-19-16(18)9-17(23-19)14-10-22-26(11-14)15-12-28-13-15/h3-4,9-11,15H,2,5-8,12-13H2,1H3,(H,21,23). The number of rotatable bonds is 4. The van der Waals surface area contributed by atoms with Crippen LogP contribution in [0.25, 0.3) is 22.3 Å². The summed E-state index contributed by atoms with van der Waals surface area (Å²) < 4.78 is 12.3. The van der Waals surface area contributed by atoms with Crippen molar-refractivity contribution in [1.82, 2.24) is 24.6 Å². The molecule has 0 spiro atoms. The number of piperazine rings is 1. The number of carbonyl (C=O) groups is 1. The summed E-state index contributed by atoms with van der Waals surface area (Å²) in [7, 11) is 0. The number of fused-ring (bicyclic) bond motifs is 1. The van der Waals surface area contributed by atoms with Gasteiger partial charge in [-0.25, -0.2) is 9.78 Å². The minimum absolute atomic E-state index is 0.232. The van der Waals surface area contributed by atoms with Crippen molar-refractivity contribution in [1.29, 1.82) is 0 Å². The summed E-state index contributed by atoms with van der Waals surface area (Å²) in [6.07, 6.45) is 5.52. The highest BCUT2D eigenvalue weighted by Gasteiger charge is 2.24. The second-order valence-electron chi connectivity index (χ2n) is 7.35. The normalized spacial score (nSPS) is 17.6. The minimum atomic E-state index is -0.232. The molecule has 2 saturated heterocycles. The Bertz CT molecular complexity index is 1020. The summed E-state index contributed by atoms with van der Waals surface area (Å²) in [4.78, 5) is 23.9. The van der Waals surface area contributed by atoms with Crippen molar-refractivity contribution in [3.05, 3.63) is 30.7 Å². The highest BCUT2D eigenvalue weighted by molar-refractivity contribution is 5.93. The Hall–Kier alpha value is -3.07. The molecule has 3 aromatic heterocycles. The lowest BCUT2D eigenvalue weighted by atomic mass is 10.2. The zero-order valence-electron chi connectivity index (χ0n) is 16.4. The van der Waals surface area contributed by atoms with Gasteiger partial charge in [-0.05, 0) is 19.1 Å². The zero-order valence-corrected chi connectivity index (χ0v) is 16.4. The Labute approximate surface area is 168 Å². The van der Waals surface area contributed by atoms with Crippen LogP contribution in [0.1, 0.15) is 13.0 Å². The smallest absolute Gasteiger partial charge is 0.409 e. The van der Waals surface area contributed by atoms with Gasteiger partial charge in [0.2, 0.25) is 0 Å². The monoisotopic (exact) mass is 396 g/mol. The van der Waals surface area contributed by atoms with Gasteiger partial charge in [0.05, 0.1) is 37.8 Å². The van der Waals surface area contributed by atoms with Crippen molar-refractivity contribution in [3.63, 3.8) is 0 Å². The molecule has 0 aromatic carbocycles. The molecule has 0 unspecified atom stereocenters. The van der Waals surface area contributed by atoms with Gasteiger partial charge < -0.3 is 24.3 Å². The van der Waals surface area contributed by atoms with Gasteiger partial charge >= 0.3 is 6.09 Å². The molecule has 0 radical (unpaired) electrons. The molecule has 0 aliphatic carbocycles. The Morgan fingerprint density at radius 3 is 2.86 bits per heavy atom. The van der Waals surface area contributed by atoms with Crippen LogP contribution in [0.5, 0.6) is 0 Å². The van der Waals surface area contributed by atoms with E-state index in [0.29, 0.717) is 25.7 Å². The van der Waals surface area contributed by atoms with Crippen molar-refractivity contribution in [3.8, 4) is 11.3 Å². The Morgan fingerprint density at radius 1 is 1.31 bits per heavy atom. The maximum atomic E-state index is 11.9. The summed E-state index contributed by atoms with van der Waals surface area (Å²) in [6.45, 7) is 6.49. The fraction of sp³-hybridized carbons (Fsp3) is 0.450. The number of nitrogens with zero attached hydrogens (tertiary/aromatic N) is 5. The Kier molecular flexibility index (Phi) is 4.59. The fourth-order valence-corrected chi connectivity index (χ4v) is 3.84. The largest absolute Gasteiger partial charge is 0.450 e. The van der Waals surface area contributed by atoms with Gasteiger partial charge in [-0.15, -0.1) is 0 Å². The maximum absolute atomic E-state index is 11.9. The maximum Gasteiger partial charge on any atom is 0.409 e. The molecular formula is C20H24N6O3. The average molecular weight is 396 g/mol. The summed E-state index contributed by atoms with van der Waals surface area (Å²) in [6, 6.07) is 4.50. The van der Waals surface area contributed by atoms with E-state index < -0.39 is 0 Å². The third-order valence-electron chi connectivity index (χ3n) is 5.56. The van der Waals surface area contributed by atoms with Gasteiger partial charge in [-0.1, -0.05) is 0 Å². The number of amides is 1. The van der Waals surface area contributed by atoms with Crippen LogP contribution in [0.2, 0.25) is 0 Å². The van der Waals surface area contributed by atoms with E-state index in [1.165, 1.54) is 0 Å². The van der Waals surface area contributed by atoms with Crippen LogP contribution in [0.3, 0.4) is 0 Å². The molecular weight excluding hydrogens is 372 g/mol. The number of pyridine rings is 1. The molecule has 9 nitrogen and oxygen atoms in total. The van der Waals surface area contributed by atoms with Crippen LogP contribution in [-0.2, 0) is 9.47 Å². The molecule has 1 N–H and O–H groups in total. The van der Waals surface area contributed by atoms with Crippen LogP contribution < -0.4 is 4.90 Å². The molecule has 0 atom stereocenters. The molecule has 9 heteroatoms. The number of anilines is 1. The number of hydrogen-bond acceptors (Lipinski definition) is 6. The number of H-pyrrole nitrogens is 1. The van der Waals surface area contributed by atoms with E-state index in [0.717, 1.165) is 54.3 Å². The van der Waals surface area contributed by atoms with Gasteiger partial charge in [0.25, 0.3) is 0 Å². The van der Waals surface area contributed by atoms with E-state index in [1.807, 2.05) is 30.1 Å². The third kappa shape index (κ3) is 3.31. The Balaban J connectivity index is 1.37. The first kappa shape index (κ1) is 18.0. The van der Waals surface area contributed by atoms with Crippen molar-refractivity contribution in [2.24, 2.45) is 0 Å². The van der Waals surface area contributed by atoms with Crippen LogP contribution in [0, 0.1) is 0 Å². The first-order valence-corrected chi connectivity index (χ1v) is 9.99. The predicted octanol–water partition coefficient (Wildman–Crippen LogP) is 2.28. The van der Waals surface area contributed by atoms with Crippen LogP contribution in [0.4, 0.5) is 10.5 Å². The van der Waals surface area contributed by atoms with Crippen LogP contribution in [-0.4, -0.2) is 76.7 Å². The molecule has 0 saturated carbocycles. The van der Waals surface area contributed by atoms with E-state index in [4.69, 9.17) is 9.47 Å². The summed E-state index contributed by atoms with van der Waals surface area (Å²) in [5, 5.41) is 5.55. The van der Waals surface area contributed by atoms with Crippen LogP contribution in [0.15, 0.2) is 30.7 Å². The van der Waals surface area contributed by atoms with Gasteiger partial charge in [-0.2, -0.15) is 5.10 Å². The molecule has 2 aliphatic heterocycles. The average Bonchev–Trinajstić information content (AvgIpc) is 3.34. The third-order valence-corrected chi connectivity index (χ3v) is 5.56. The van der Waals surface area contributed by atoms with E-state index in [9.17, 15) is 4.79 Å². The van der Waals surface area contributed by atoms with Crippen molar-refractivity contribution in [2.75, 3.05) is 50.9 Å². The van der Waals surface area contributed by atoms with E-state index in [-0.39, 0.29) is 6.09 Å². The lowest BCUT2D eigenvalue weighted by molar-refractivity contribution is -0.0286. The second kappa shape index (κ2) is 7.40. The van der Waals surface area contributed by atoms with Gasteiger partial charge in [-0.3, -0.25) is 4.68 Å². The van der Waals surface area contributed by atoms with E-state index in [2.05, 4.69) is 32.2 Å². The first-order chi connectivity index (χ1) is 14.2. The SMILES string of the molecule is CCOC(=O)N1CCN(c2ccnc3[nH]c(-c4cnn(C5COC5)c4)cc23)CC1. The molecule has 152 valence electrons. The number of nitrogens with one attached hydrogen (secondary N) is 1. The number of carbonyl (C=O) groups excluding carboxylic acids is 1. The zero-order chi connectivity index (χ0) is 19.8. The highest BCUT2D eigenvalue weighted by Crippen LogP contribution is 2.31. The van der Waals surface area contributed by atoms with Gasteiger partial charge in [0.15, 0.2) is 0 Å². The van der Waals surface area contributed by atoms with Gasteiger partial charge in [0.1, 0.15) is 5.65 Å². The topological polar surface area (TPSA) is 88.5 Å². The van der Waals surface area contributed by atoms with Gasteiger partial charge in [0, 0.05) is 55.2 Å². The number of ether oxygens (including phenoxy) is 2. The molecule has 3 aromatic rings.